The molecule has 0 unspecified atom stereocenters. The van der Waals surface area contributed by atoms with Crippen LogP contribution in [0.15, 0.2) is 24.3 Å². The maximum atomic E-state index is 12.3. The molecule has 3 rings (SSSR count). The van der Waals surface area contributed by atoms with Gasteiger partial charge in [0.05, 0.1) is 0 Å². The summed E-state index contributed by atoms with van der Waals surface area (Å²) in [6, 6.07) is 9.20. The van der Waals surface area contributed by atoms with E-state index in [2.05, 4.69) is 48.3 Å². The van der Waals surface area contributed by atoms with E-state index >= 15 is 0 Å². The van der Waals surface area contributed by atoms with Crippen molar-refractivity contribution in [2.45, 2.75) is 65.0 Å². The Hall–Kier alpha value is -1.88. The molecule has 28 heavy (non-hydrogen) atoms. The first-order chi connectivity index (χ1) is 13.5. The number of nitrogens with one attached hydrogen (secondary N) is 1. The number of benzene rings is 1. The van der Waals surface area contributed by atoms with Crippen molar-refractivity contribution in [1.29, 1.82) is 0 Å². The second kappa shape index (κ2) is 10.1. The van der Waals surface area contributed by atoms with Crippen LogP contribution in [-0.4, -0.2) is 53.8 Å². The van der Waals surface area contributed by atoms with E-state index in [-0.39, 0.29) is 17.9 Å². The molecule has 2 amide bonds. The molecule has 0 saturated carbocycles. The highest BCUT2D eigenvalue weighted by atomic mass is 16.2. The van der Waals surface area contributed by atoms with Crippen molar-refractivity contribution in [3.63, 3.8) is 0 Å². The molecule has 1 aromatic rings. The van der Waals surface area contributed by atoms with Gasteiger partial charge in [-0.15, -0.1) is 0 Å². The zero-order chi connectivity index (χ0) is 19.9. The summed E-state index contributed by atoms with van der Waals surface area (Å²) in [6.07, 6.45) is 5.26. The summed E-state index contributed by atoms with van der Waals surface area (Å²) in [7, 11) is 0. The lowest BCUT2D eigenvalue weighted by atomic mass is 10.0. The van der Waals surface area contributed by atoms with E-state index in [0.29, 0.717) is 25.3 Å². The van der Waals surface area contributed by atoms with E-state index in [1.807, 2.05) is 4.90 Å². The highest BCUT2D eigenvalue weighted by molar-refractivity contribution is 5.80. The predicted molar refractivity (Wildman–Crippen MR) is 112 cm³/mol. The van der Waals surface area contributed by atoms with E-state index in [1.165, 1.54) is 11.1 Å². The summed E-state index contributed by atoms with van der Waals surface area (Å²) in [5.41, 5.74) is 2.74. The fraction of sp³-hybridized carbons (Fsp3) is 0.652. The molecular weight excluding hydrogens is 350 g/mol. The minimum Gasteiger partial charge on any atom is -0.352 e. The number of nitrogens with zero attached hydrogens (tertiary/aromatic N) is 2. The molecule has 1 aromatic carbocycles. The van der Waals surface area contributed by atoms with Crippen molar-refractivity contribution in [2.75, 3.05) is 26.2 Å². The molecular formula is C23H35N3O2. The molecule has 2 aliphatic heterocycles. The van der Waals surface area contributed by atoms with Gasteiger partial charge < -0.3 is 10.2 Å². The number of likely N-dealkylation sites (tertiary alicyclic amines) is 2. The molecule has 0 bridgehead atoms. The number of hydrogen-bond donors (Lipinski definition) is 1. The molecule has 2 heterocycles. The molecule has 5 nitrogen and oxygen atoms in total. The standard InChI is InChI=1S/C23H35N3O2/c1-18(2)15-19-7-9-20(10-8-19)16-25-12-3-5-21(17-25)24-22(27)11-14-26-13-4-6-23(26)28/h7-10,18,21H,3-6,11-17H2,1-2H3,(H,24,27)/t21-/m1/s1. The summed E-state index contributed by atoms with van der Waals surface area (Å²) in [6.45, 7) is 8.79. The van der Waals surface area contributed by atoms with Crippen molar-refractivity contribution in [1.82, 2.24) is 15.1 Å². The van der Waals surface area contributed by atoms with Crippen LogP contribution in [0.2, 0.25) is 0 Å². The maximum absolute atomic E-state index is 12.3. The first-order valence-corrected chi connectivity index (χ1v) is 10.9. The average molecular weight is 386 g/mol. The normalized spacial score (nSPS) is 20.8. The van der Waals surface area contributed by atoms with Gasteiger partial charge in [0.2, 0.25) is 11.8 Å². The van der Waals surface area contributed by atoms with Gasteiger partial charge in [-0.05, 0) is 49.3 Å². The molecule has 0 radical (unpaired) electrons. The van der Waals surface area contributed by atoms with Crippen LogP contribution in [0.5, 0.6) is 0 Å². The Morgan fingerprint density at radius 3 is 2.57 bits per heavy atom. The van der Waals surface area contributed by atoms with Gasteiger partial charge in [-0.3, -0.25) is 14.5 Å². The Morgan fingerprint density at radius 1 is 1.14 bits per heavy atom. The summed E-state index contributed by atoms with van der Waals surface area (Å²) >= 11 is 0. The second-order valence-corrected chi connectivity index (χ2v) is 8.79. The van der Waals surface area contributed by atoms with Gasteiger partial charge >= 0.3 is 0 Å². The first kappa shape index (κ1) is 20.8. The van der Waals surface area contributed by atoms with Crippen LogP contribution in [-0.2, 0) is 22.6 Å². The Bertz CT molecular complexity index is 656. The van der Waals surface area contributed by atoms with Gasteiger partial charge in [0.15, 0.2) is 0 Å². The van der Waals surface area contributed by atoms with Crippen LogP contribution in [0.1, 0.15) is 57.1 Å². The van der Waals surface area contributed by atoms with E-state index < -0.39 is 0 Å². The number of hydrogen-bond acceptors (Lipinski definition) is 3. The molecule has 154 valence electrons. The van der Waals surface area contributed by atoms with E-state index in [4.69, 9.17) is 0 Å². The maximum Gasteiger partial charge on any atom is 0.222 e. The number of carbonyl (C=O) groups excluding carboxylic acids is 2. The first-order valence-electron chi connectivity index (χ1n) is 10.9. The monoisotopic (exact) mass is 385 g/mol. The predicted octanol–water partition coefficient (Wildman–Crippen LogP) is 2.98. The summed E-state index contributed by atoms with van der Waals surface area (Å²) in [5, 5.41) is 3.19. The Labute approximate surface area is 169 Å². The van der Waals surface area contributed by atoms with Crippen molar-refractivity contribution < 1.29 is 9.59 Å². The Kier molecular flexibility index (Phi) is 7.49. The minimum atomic E-state index is 0.0737. The van der Waals surface area contributed by atoms with Crippen molar-refractivity contribution in [3.8, 4) is 0 Å². The third kappa shape index (κ3) is 6.33. The number of amides is 2. The summed E-state index contributed by atoms with van der Waals surface area (Å²) in [4.78, 5) is 28.2. The fourth-order valence-electron chi connectivity index (χ4n) is 4.30. The van der Waals surface area contributed by atoms with Gasteiger partial charge in [-0.1, -0.05) is 38.1 Å². The Balaban J connectivity index is 1.42. The Morgan fingerprint density at radius 2 is 1.89 bits per heavy atom. The number of carbonyl (C=O) groups is 2. The number of rotatable bonds is 8. The van der Waals surface area contributed by atoms with Crippen LogP contribution in [0.3, 0.4) is 0 Å². The van der Waals surface area contributed by atoms with Gasteiger partial charge in [0, 0.05) is 45.1 Å². The van der Waals surface area contributed by atoms with E-state index in [1.54, 1.807) is 0 Å². The van der Waals surface area contributed by atoms with Gasteiger partial charge in [-0.25, -0.2) is 0 Å². The smallest absolute Gasteiger partial charge is 0.222 e. The molecule has 2 fully saturated rings. The molecule has 1 N–H and O–H groups in total. The van der Waals surface area contributed by atoms with E-state index in [0.717, 1.165) is 51.9 Å². The lowest BCUT2D eigenvalue weighted by Crippen LogP contribution is -2.47. The fourth-order valence-corrected chi connectivity index (χ4v) is 4.30. The lowest BCUT2D eigenvalue weighted by molar-refractivity contribution is -0.128. The summed E-state index contributed by atoms with van der Waals surface area (Å²) < 4.78 is 0. The highest BCUT2D eigenvalue weighted by Crippen LogP contribution is 2.16. The van der Waals surface area contributed by atoms with Crippen molar-refractivity contribution in [3.05, 3.63) is 35.4 Å². The van der Waals surface area contributed by atoms with Gasteiger partial charge in [0.25, 0.3) is 0 Å². The second-order valence-electron chi connectivity index (χ2n) is 8.79. The van der Waals surface area contributed by atoms with E-state index in [9.17, 15) is 9.59 Å². The molecule has 0 spiro atoms. The lowest BCUT2D eigenvalue weighted by Gasteiger charge is -2.33. The minimum absolute atomic E-state index is 0.0737. The van der Waals surface area contributed by atoms with Crippen molar-refractivity contribution in [2.24, 2.45) is 5.92 Å². The van der Waals surface area contributed by atoms with Gasteiger partial charge in [0.1, 0.15) is 0 Å². The highest BCUT2D eigenvalue weighted by Gasteiger charge is 2.23. The molecule has 2 saturated heterocycles. The average Bonchev–Trinajstić information content (AvgIpc) is 3.06. The zero-order valence-corrected chi connectivity index (χ0v) is 17.5. The van der Waals surface area contributed by atoms with Crippen LogP contribution in [0, 0.1) is 5.92 Å². The molecule has 2 aliphatic rings. The van der Waals surface area contributed by atoms with Crippen LogP contribution in [0.4, 0.5) is 0 Å². The van der Waals surface area contributed by atoms with Crippen LogP contribution in [0.25, 0.3) is 0 Å². The zero-order valence-electron chi connectivity index (χ0n) is 17.5. The SMILES string of the molecule is CC(C)Cc1ccc(CN2CCC[C@@H](NC(=O)CCN3CCCC3=O)C2)cc1. The third-order valence-corrected chi connectivity index (χ3v) is 5.72. The third-order valence-electron chi connectivity index (χ3n) is 5.72. The topological polar surface area (TPSA) is 52.7 Å². The number of piperidine rings is 1. The molecule has 5 heteroatoms. The van der Waals surface area contributed by atoms with Crippen LogP contribution < -0.4 is 5.32 Å². The quantitative estimate of drug-likeness (QED) is 0.748. The van der Waals surface area contributed by atoms with Gasteiger partial charge in [-0.2, -0.15) is 0 Å². The largest absolute Gasteiger partial charge is 0.352 e. The molecule has 0 aliphatic carbocycles. The van der Waals surface area contributed by atoms with Crippen molar-refractivity contribution >= 4 is 11.8 Å². The molecule has 1 atom stereocenters. The van der Waals surface area contributed by atoms with Crippen LogP contribution >= 0.6 is 0 Å². The molecule has 0 aromatic heterocycles. The summed E-state index contributed by atoms with van der Waals surface area (Å²) in [5.74, 6) is 0.946.